The average molecular weight is 227 g/mol. The van der Waals surface area contributed by atoms with Gasteiger partial charge in [0.15, 0.2) is 0 Å². The van der Waals surface area contributed by atoms with E-state index in [1.807, 2.05) is 30.3 Å². The standard InChI is InChI=1S/C13H19ClO/c1-11(2)10-13(15,8-9-14)12-6-4-3-5-7-12/h3-7,11,15H,8-10H2,1-2H3. The van der Waals surface area contributed by atoms with E-state index in [4.69, 9.17) is 11.6 Å². The number of halogens is 1. The SMILES string of the molecule is CC(C)CC(O)(CCCl)c1ccccc1. The minimum Gasteiger partial charge on any atom is -0.385 e. The Balaban J connectivity index is 2.90. The van der Waals surface area contributed by atoms with Crippen molar-refractivity contribution in [3.8, 4) is 0 Å². The first kappa shape index (κ1) is 12.5. The molecule has 1 rings (SSSR count). The lowest BCUT2D eigenvalue weighted by molar-refractivity contribution is 0.0122. The van der Waals surface area contributed by atoms with Crippen LogP contribution in [-0.4, -0.2) is 11.0 Å². The average Bonchev–Trinajstić information content (AvgIpc) is 2.18. The van der Waals surface area contributed by atoms with E-state index >= 15 is 0 Å². The van der Waals surface area contributed by atoms with Gasteiger partial charge in [0.2, 0.25) is 0 Å². The van der Waals surface area contributed by atoms with Crippen molar-refractivity contribution < 1.29 is 5.11 Å². The minimum atomic E-state index is -0.767. The molecular formula is C13H19ClO. The molecule has 15 heavy (non-hydrogen) atoms. The maximum absolute atomic E-state index is 10.6. The Kier molecular flexibility index (Phi) is 4.62. The molecular weight excluding hydrogens is 208 g/mol. The van der Waals surface area contributed by atoms with Crippen LogP contribution in [0.4, 0.5) is 0 Å². The van der Waals surface area contributed by atoms with Crippen LogP contribution in [-0.2, 0) is 5.60 Å². The summed E-state index contributed by atoms with van der Waals surface area (Å²) in [5, 5.41) is 10.6. The van der Waals surface area contributed by atoms with Crippen LogP contribution in [0.25, 0.3) is 0 Å². The fraction of sp³-hybridized carbons (Fsp3) is 0.538. The Morgan fingerprint density at radius 3 is 2.33 bits per heavy atom. The summed E-state index contributed by atoms with van der Waals surface area (Å²) in [7, 11) is 0. The van der Waals surface area contributed by atoms with E-state index in [0.717, 1.165) is 12.0 Å². The van der Waals surface area contributed by atoms with Crippen molar-refractivity contribution in [2.45, 2.75) is 32.3 Å². The summed E-state index contributed by atoms with van der Waals surface area (Å²) in [6.07, 6.45) is 1.36. The number of benzene rings is 1. The molecule has 84 valence electrons. The fourth-order valence-electron chi connectivity index (χ4n) is 1.94. The molecule has 0 saturated carbocycles. The van der Waals surface area contributed by atoms with Crippen molar-refractivity contribution in [3.05, 3.63) is 35.9 Å². The van der Waals surface area contributed by atoms with Gasteiger partial charge in [-0.15, -0.1) is 11.6 Å². The Hall–Kier alpha value is -0.530. The molecule has 0 aromatic heterocycles. The number of alkyl halides is 1. The van der Waals surface area contributed by atoms with Crippen LogP contribution in [0.3, 0.4) is 0 Å². The normalized spacial score (nSPS) is 15.3. The quantitative estimate of drug-likeness (QED) is 0.762. The molecule has 1 atom stereocenters. The number of hydrogen-bond donors (Lipinski definition) is 1. The van der Waals surface area contributed by atoms with E-state index in [2.05, 4.69) is 13.8 Å². The van der Waals surface area contributed by atoms with E-state index in [1.54, 1.807) is 0 Å². The van der Waals surface area contributed by atoms with Gasteiger partial charge in [0, 0.05) is 5.88 Å². The summed E-state index contributed by atoms with van der Waals surface area (Å²) >= 11 is 5.76. The molecule has 1 nitrogen and oxygen atoms in total. The largest absolute Gasteiger partial charge is 0.385 e. The smallest absolute Gasteiger partial charge is 0.0910 e. The van der Waals surface area contributed by atoms with Crippen LogP contribution in [0.15, 0.2) is 30.3 Å². The van der Waals surface area contributed by atoms with Gasteiger partial charge in [0.1, 0.15) is 0 Å². The van der Waals surface area contributed by atoms with E-state index < -0.39 is 5.60 Å². The zero-order valence-corrected chi connectivity index (χ0v) is 10.2. The second-order valence-corrected chi connectivity index (χ2v) is 4.81. The van der Waals surface area contributed by atoms with Gasteiger partial charge in [-0.1, -0.05) is 44.2 Å². The Morgan fingerprint density at radius 2 is 1.87 bits per heavy atom. The molecule has 0 radical (unpaired) electrons. The number of hydrogen-bond acceptors (Lipinski definition) is 1. The van der Waals surface area contributed by atoms with Gasteiger partial charge in [-0.25, -0.2) is 0 Å². The molecule has 0 aliphatic rings. The maximum atomic E-state index is 10.6. The summed E-state index contributed by atoms with van der Waals surface area (Å²) in [5.74, 6) is 0.941. The number of aliphatic hydroxyl groups is 1. The van der Waals surface area contributed by atoms with Crippen LogP contribution in [0.2, 0.25) is 0 Å². The summed E-state index contributed by atoms with van der Waals surface area (Å²) < 4.78 is 0. The van der Waals surface area contributed by atoms with E-state index in [0.29, 0.717) is 18.2 Å². The lowest BCUT2D eigenvalue weighted by Crippen LogP contribution is -2.28. The molecule has 1 unspecified atom stereocenters. The van der Waals surface area contributed by atoms with Gasteiger partial charge in [-0.2, -0.15) is 0 Å². The van der Waals surface area contributed by atoms with E-state index in [-0.39, 0.29) is 0 Å². The second-order valence-electron chi connectivity index (χ2n) is 4.43. The van der Waals surface area contributed by atoms with Crippen molar-refractivity contribution in [2.75, 3.05) is 5.88 Å². The second kappa shape index (κ2) is 5.53. The molecule has 1 aromatic carbocycles. The maximum Gasteiger partial charge on any atom is 0.0910 e. The first-order chi connectivity index (χ1) is 7.08. The lowest BCUT2D eigenvalue weighted by atomic mass is 9.84. The summed E-state index contributed by atoms with van der Waals surface area (Å²) in [4.78, 5) is 0. The van der Waals surface area contributed by atoms with Crippen molar-refractivity contribution in [3.63, 3.8) is 0 Å². The van der Waals surface area contributed by atoms with Crippen molar-refractivity contribution in [2.24, 2.45) is 5.92 Å². The summed E-state index contributed by atoms with van der Waals surface area (Å²) in [6.45, 7) is 4.23. The minimum absolute atomic E-state index is 0.457. The van der Waals surface area contributed by atoms with E-state index in [1.165, 1.54) is 0 Å². The van der Waals surface area contributed by atoms with Crippen LogP contribution in [0, 0.1) is 5.92 Å². The van der Waals surface area contributed by atoms with Gasteiger partial charge < -0.3 is 5.11 Å². The molecule has 0 saturated heterocycles. The number of rotatable bonds is 5. The van der Waals surface area contributed by atoms with Crippen LogP contribution in [0.5, 0.6) is 0 Å². The first-order valence-corrected chi connectivity index (χ1v) is 5.96. The first-order valence-electron chi connectivity index (χ1n) is 5.42. The Morgan fingerprint density at radius 1 is 1.27 bits per heavy atom. The Bertz CT molecular complexity index is 284. The third-order valence-electron chi connectivity index (χ3n) is 2.57. The molecule has 1 N–H and O–H groups in total. The van der Waals surface area contributed by atoms with Gasteiger partial charge in [0.25, 0.3) is 0 Å². The van der Waals surface area contributed by atoms with Crippen LogP contribution < -0.4 is 0 Å². The van der Waals surface area contributed by atoms with Gasteiger partial charge >= 0.3 is 0 Å². The monoisotopic (exact) mass is 226 g/mol. The van der Waals surface area contributed by atoms with Crippen molar-refractivity contribution in [1.29, 1.82) is 0 Å². The summed E-state index contributed by atoms with van der Waals surface area (Å²) in [6, 6.07) is 9.80. The lowest BCUT2D eigenvalue weighted by Gasteiger charge is -2.29. The van der Waals surface area contributed by atoms with Crippen LogP contribution >= 0.6 is 11.6 Å². The highest BCUT2D eigenvalue weighted by Crippen LogP contribution is 2.32. The molecule has 0 amide bonds. The predicted molar refractivity (Wildman–Crippen MR) is 65.1 cm³/mol. The third-order valence-corrected chi connectivity index (χ3v) is 2.75. The molecule has 2 heteroatoms. The van der Waals surface area contributed by atoms with Crippen molar-refractivity contribution >= 4 is 11.6 Å². The van der Waals surface area contributed by atoms with Crippen LogP contribution in [0.1, 0.15) is 32.3 Å². The zero-order valence-electron chi connectivity index (χ0n) is 9.41. The van der Waals surface area contributed by atoms with Gasteiger partial charge in [-0.3, -0.25) is 0 Å². The highest BCUT2D eigenvalue weighted by molar-refractivity contribution is 6.17. The highest BCUT2D eigenvalue weighted by Gasteiger charge is 2.29. The fourth-order valence-corrected chi connectivity index (χ4v) is 2.26. The van der Waals surface area contributed by atoms with E-state index in [9.17, 15) is 5.11 Å². The molecule has 0 heterocycles. The highest BCUT2D eigenvalue weighted by atomic mass is 35.5. The third kappa shape index (κ3) is 3.51. The molecule has 1 aromatic rings. The Labute approximate surface area is 97.1 Å². The predicted octanol–water partition coefficient (Wildman–Crippen LogP) is 3.55. The van der Waals surface area contributed by atoms with Gasteiger partial charge in [0.05, 0.1) is 5.60 Å². The zero-order chi connectivity index (χ0) is 11.3. The van der Waals surface area contributed by atoms with Gasteiger partial charge in [-0.05, 0) is 24.3 Å². The molecule has 0 aliphatic carbocycles. The molecule has 0 bridgehead atoms. The molecule has 0 fully saturated rings. The summed E-state index contributed by atoms with van der Waals surface area (Å²) in [5.41, 5.74) is 0.205. The topological polar surface area (TPSA) is 20.2 Å². The molecule has 0 spiro atoms. The molecule has 0 aliphatic heterocycles. The van der Waals surface area contributed by atoms with Crippen molar-refractivity contribution in [1.82, 2.24) is 0 Å².